The van der Waals surface area contributed by atoms with Crippen LogP contribution < -0.4 is 9.47 Å². The summed E-state index contributed by atoms with van der Waals surface area (Å²) in [5, 5.41) is 4.16. The Morgan fingerprint density at radius 2 is 1.97 bits per heavy atom. The van der Waals surface area contributed by atoms with Gasteiger partial charge in [-0.15, -0.1) is 0 Å². The van der Waals surface area contributed by atoms with Crippen LogP contribution in [0.15, 0.2) is 41.6 Å². The van der Waals surface area contributed by atoms with Gasteiger partial charge in [0.05, 0.1) is 12.3 Å². The first-order valence-corrected chi connectivity index (χ1v) is 9.76. The van der Waals surface area contributed by atoms with E-state index in [9.17, 15) is 13.6 Å². The molecule has 2 aromatic rings. The minimum absolute atomic E-state index is 0.0301. The molecular formula is C22H22F2N2O4. The lowest BCUT2D eigenvalue weighted by Gasteiger charge is -2.26. The number of fused-ring (bicyclic) bond motifs is 1. The van der Waals surface area contributed by atoms with Crippen LogP contribution in [0.5, 0.6) is 11.5 Å². The number of carbonyl (C=O) groups excluding carboxylic acids is 1. The van der Waals surface area contributed by atoms with Crippen LogP contribution in [-0.2, 0) is 16.2 Å². The summed E-state index contributed by atoms with van der Waals surface area (Å²) < 4.78 is 38.1. The van der Waals surface area contributed by atoms with E-state index in [2.05, 4.69) is 5.16 Å². The Labute approximate surface area is 173 Å². The van der Waals surface area contributed by atoms with E-state index in [-0.39, 0.29) is 43.4 Å². The lowest BCUT2D eigenvalue weighted by Crippen LogP contribution is -2.39. The summed E-state index contributed by atoms with van der Waals surface area (Å²) in [4.78, 5) is 19.8. The number of halogens is 2. The number of carbonyl (C=O) groups is 1. The number of hydrogen-bond donors (Lipinski definition) is 0. The molecule has 4 rings (SSSR count). The van der Waals surface area contributed by atoms with Crippen molar-refractivity contribution >= 4 is 11.6 Å². The summed E-state index contributed by atoms with van der Waals surface area (Å²) in [7, 11) is 0. The van der Waals surface area contributed by atoms with Crippen LogP contribution in [0.25, 0.3) is 0 Å². The monoisotopic (exact) mass is 416 g/mol. The van der Waals surface area contributed by atoms with Crippen molar-refractivity contribution in [2.75, 3.05) is 13.3 Å². The second kappa shape index (κ2) is 8.30. The molecule has 6 nitrogen and oxygen atoms in total. The smallest absolute Gasteiger partial charge is 0.231 e. The highest BCUT2D eigenvalue weighted by molar-refractivity contribution is 6.01. The number of amides is 1. The molecule has 2 heterocycles. The zero-order chi connectivity index (χ0) is 21.3. The van der Waals surface area contributed by atoms with E-state index in [1.165, 1.54) is 17.0 Å². The average Bonchev–Trinajstić information content (AvgIpc) is 3.37. The summed E-state index contributed by atoms with van der Waals surface area (Å²) in [5.74, 6) is -0.407. The van der Waals surface area contributed by atoms with Crippen LogP contribution in [0.1, 0.15) is 31.4 Å². The summed E-state index contributed by atoms with van der Waals surface area (Å²) in [6.07, 6.45) is 0.129. The first-order chi connectivity index (χ1) is 14.4. The highest BCUT2D eigenvalue weighted by Gasteiger charge is 2.29. The molecule has 2 aliphatic rings. The summed E-state index contributed by atoms with van der Waals surface area (Å²) >= 11 is 0. The second-order valence-electron chi connectivity index (χ2n) is 7.65. The van der Waals surface area contributed by atoms with Gasteiger partial charge in [0.2, 0.25) is 12.7 Å². The van der Waals surface area contributed by atoms with Gasteiger partial charge in [-0.25, -0.2) is 8.78 Å². The maximum absolute atomic E-state index is 14.1. The maximum Gasteiger partial charge on any atom is 0.231 e. The third-order valence-electron chi connectivity index (χ3n) is 5.04. The number of oxime groups is 1. The van der Waals surface area contributed by atoms with Gasteiger partial charge in [0.1, 0.15) is 11.6 Å². The lowest BCUT2D eigenvalue weighted by molar-refractivity contribution is -0.137. The van der Waals surface area contributed by atoms with Crippen molar-refractivity contribution in [3.8, 4) is 11.5 Å². The Balaban J connectivity index is 1.45. The molecule has 158 valence electrons. The largest absolute Gasteiger partial charge is 0.454 e. The Morgan fingerprint density at radius 3 is 2.73 bits per heavy atom. The van der Waals surface area contributed by atoms with Crippen LogP contribution in [-0.4, -0.2) is 36.0 Å². The fourth-order valence-electron chi connectivity index (χ4n) is 3.47. The summed E-state index contributed by atoms with van der Waals surface area (Å²) in [6.45, 7) is 4.02. The van der Waals surface area contributed by atoms with Crippen LogP contribution in [0.2, 0.25) is 0 Å². The molecule has 1 atom stereocenters. The van der Waals surface area contributed by atoms with Gasteiger partial charge in [-0.05, 0) is 24.3 Å². The SMILES string of the molecule is CC(C)C(=O)N(Cc1ccc(F)cc1F)CC1CC(c2ccc3c(c2)OCO3)=NO1. The predicted molar refractivity (Wildman–Crippen MR) is 105 cm³/mol. The van der Waals surface area contributed by atoms with Gasteiger partial charge < -0.3 is 19.2 Å². The van der Waals surface area contributed by atoms with E-state index in [1.54, 1.807) is 13.8 Å². The summed E-state index contributed by atoms with van der Waals surface area (Å²) in [6, 6.07) is 8.90. The van der Waals surface area contributed by atoms with Gasteiger partial charge in [0.15, 0.2) is 17.6 Å². The molecule has 0 spiro atoms. The Kier molecular flexibility index (Phi) is 5.57. The molecule has 0 aliphatic carbocycles. The minimum Gasteiger partial charge on any atom is -0.454 e. The first kappa shape index (κ1) is 20.1. The molecule has 30 heavy (non-hydrogen) atoms. The molecule has 0 bridgehead atoms. The van der Waals surface area contributed by atoms with Crippen molar-refractivity contribution in [2.45, 2.75) is 32.9 Å². The fourth-order valence-corrected chi connectivity index (χ4v) is 3.47. The van der Waals surface area contributed by atoms with Gasteiger partial charge in [-0.1, -0.05) is 25.1 Å². The van der Waals surface area contributed by atoms with Crippen molar-refractivity contribution in [2.24, 2.45) is 11.1 Å². The molecule has 0 fully saturated rings. The fraction of sp³-hybridized carbons (Fsp3) is 0.364. The molecule has 1 amide bonds. The lowest BCUT2D eigenvalue weighted by atomic mass is 10.0. The molecule has 0 aromatic heterocycles. The van der Waals surface area contributed by atoms with Gasteiger partial charge in [0, 0.05) is 36.1 Å². The molecule has 1 unspecified atom stereocenters. The van der Waals surface area contributed by atoms with E-state index in [4.69, 9.17) is 14.3 Å². The zero-order valence-electron chi connectivity index (χ0n) is 16.7. The van der Waals surface area contributed by atoms with Gasteiger partial charge >= 0.3 is 0 Å². The second-order valence-corrected chi connectivity index (χ2v) is 7.65. The Bertz CT molecular complexity index is 993. The first-order valence-electron chi connectivity index (χ1n) is 9.76. The number of rotatable bonds is 6. The van der Waals surface area contributed by atoms with Crippen molar-refractivity contribution in [1.29, 1.82) is 0 Å². The Morgan fingerprint density at radius 1 is 1.17 bits per heavy atom. The van der Waals surface area contributed by atoms with Gasteiger partial charge in [-0.2, -0.15) is 0 Å². The van der Waals surface area contributed by atoms with Crippen LogP contribution in [0, 0.1) is 17.6 Å². The van der Waals surface area contributed by atoms with E-state index in [0.717, 1.165) is 17.3 Å². The van der Waals surface area contributed by atoms with Crippen molar-refractivity contribution in [3.05, 3.63) is 59.2 Å². The van der Waals surface area contributed by atoms with Crippen LogP contribution in [0.3, 0.4) is 0 Å². The number of benzene rings is 2. The van der Waals surface area contributed by atoms with Crippen LogP contribution >= 0.6 is 0 Å². The topological polar surface area (TPSA) is 60.4 Å². The molecule has 0 saturated heterocycles. The van der Waals surface area contributed by atoms with Crippen LogP contribution in [0.4, 0.5) is 8.78 Å². The van der Waals surface area contributed by atoms with Gasteiger partial charge in [-0.3, -0.25) is 4.79 Å². The van der Waals surface area contributed by atoms with E-state index in [0.29, 0.717) is 17.9 Å². The maximum atomic E-state index is 14.1. The molecule has 2 aliphatic heterocycles. The van der Waals surface area contributed by atoms with E-state index < -0.39 is 11.6 Å². The van der Waals surface area contributed by atoms with E-state index in [1.807, 2.05) is 18.2 Å². The Hall–Kier alpha value is -3.16. The molecule has 8 heteroatoms. The predicted octanol–water partition coefficient (Wildman–Crippen LogP) is 3.87. The third kappa shape index (κ3) is 4.22. The highest BCUT2D eigenvalue weighted by atomic mass is 19.1. The summed E-state index contributed by atoms with van der Waals surface area (Å²) in [5.41, 5.74) is 1.84. The average molecular weight is 416 g/mol. The standard InChI is InChI=1S/C22H22F2N2O4/c1-13(2)22(27)26(10-15-3-5-16(23)8-18(15)24)11-17-9-19(25-30-17)14-4-6-20-21(7-14)29-12-28-20/h3-8,13,17H,9-12H2,1-2H3. The normalized spacial score (nSPS) is 17.1. The quantitative estimate of drug-likeness (QED) is 0.717. The molecular weight excluding hydrogens is 394 g/mol. The van der Waals surface area contributed by atoms with Crippen molar-refractivity contribution in [3.63, 3.8) is 0 Å². The van der Waals surface area contributed by atoms with Gasteiger partial charge in [0.25, 0.3) is 0 Å². The van der Waals surface area contributed by atoms with Crippen molar-refractivity contribution in [1.82, 2.24) is 4.90 Å². The minimum atomic E-state index is -0.679. The highest BCUT2D eigenvalue weighted by Crippen LogP contribution is 2.33. The molecule has 0 N–H and O–H groups in total. The molecule has 2 aromatic carbocycles. The molecule has 0 radical (unpaired) electrons. The zero-order valence-corrected chi connectivity index (χ0v) is 16.7. The molecule has 0 saturated carbocycles. The van der Waals surface area contributed by atoms with E-state index >= 15 is 0 Å². The number of ether oxygens (including phenoxy) is 2. The number of nitrogens with zero attached hydrogens (tertiary/aromatic N) is 2. The van der Waals surface area contributed by atoms with Crippen molar-refractivity contribution < 1.29 is 27.9 Å². The number of hydrogen-bond acceptors (Lipinski definition) is 5. The third-order valence-corrected chi connectivity index (χ3v) is 5.04.